The number of nitriles is 2. The molecule has 0 amide bonds. The molecule has 9 aromatic rings. The third-order valence-corrected chi connectivity index (χ3v) is 9.44. The highest BCUT2D eigenvalue weighted by atomic mass is 15.0. The van der Waals surface area contributed by atoms with Crippen molar-refractivity contribution in [2.75, 3.05) is 0 Å². The molecule has 222 valence electrons. The molecule has 7 aromatic carbocycles. The van der Waals surface area contributed by atoms with Crippen molar-refractivity contribution in [3.05, 3.63) is 169 Å². The highest BCUT2D eigenvalue weighted by Crippen LogP contribution is 2.40. The minimum Gasteiger partial charge on any atom is -0.309 e. The molecule has 0 fully saturated rings. The van der Waals surface area contributed by atoms with Gasteiger partial charge in [-0.3, -0.25) is 0 Å². The summed E-state index contributed by atoms with van der Waals surface area (Å²) in [5.74, 6) is 0. The van der Waals surface area contributed by atoms with E-state index in [1.165, 1.54) is 10.8 Å². The smallest absolute Gasteiger partial charge is 0.102 e. The first kappa shape index (κ1) is 27.4. The van der Waals surface area contributed by atoms with Crippen molar-refractivity contribution in [1.82, 2.24) is 9.13 Å². The van der Waals surface area contributed by atoms with E-state index in [9.17, 15) is 10.5 Å². The van der Waals surface area contributed by atoms with Crippen molar-refractivity contribution < 1.29 is 0 Å². The fraction of sp³-hybridized carbons (Fsp3) is 0. The summed E-state index contributed by atoms with van der Waals surface area (Å²) < 4.78 is 4.48. The Balaban J connectivity index is 1.28. The van der Waals surface area contributed by atoms with Gasteiger partial charge in [0.2, 0.25) is 0 Å². The molecular weight excluding hydrogens is 585 g/mol. The lowest BCUT2D eigenvalue weighted by atomic mass is 9.92. The molecular formula is C44H26N4. The number of aromatic nitrogens is 2. The zero-order valence-corrected chi connectivity index (χ0v) is 25.8. The minimum atomic E-state index is 0.573. The number of benzene rings is 7. The van der Waals surface area contributed by atoms with E-state index in [2.05, 4.69) is 124 Å². The highest BCUT2D eigenvalue weighted by Gasteiger charge is 2.20. The summed E-state index contributed by atoms with van der Waals surface area (Å²) in [5.41, 5.74) is 10.7. The van der Waals surface area contributed by atoms with Crippen molar-refractivity contribution in [2.45, 2.75) is 0 Å². The van der Waals surface area contributed by atoms with E-state index in [1.807, 2.05) is 54.6 Å². The number of nitrogens with zero attached hydrogens (tertiary/aromatic N) is 4. The van der Waals surface area contributed by atoms with Gasteiger partial charge in [-0.2, -0.15) is 10.5 Å². The van der Waals surface area contributed by atoms with Crippen molar-refractivity contribution in [3.8, 4) is 45.8 Å². The average molecular weight is 611 g/mol. The van der Waals surface area contributed by atoms with Gasteiger partial charge >= 0.3 is 0 Å². The van der Waals surface area contributed by atoms with Crippen LogP contribution in [0.25, 0.3) is 77.2 Å². The Kier molecular flexibility index (Phi) is 6.22. The van der Waals surface area contributed by atoms with Crippen LogP contribution in [0.1, 0.15) is 11.1 Å². The molecule has 0 bridgehead atoms. The number of rotatable bonds is 4. The number of fused-ring (bicyclic) bond motifs is 6. The lowest BCUT2D eigenvalue weighted by Crippen LogP contribution is -2.00. The van der Waals surface area contributed by atoms with Gasteiger partial charge < -0.3 is 9.13 Å². The molecule has 0 radical (unpaired) electrons. The number of hydrogen-bond donors (Lipinski definition) is 0. The molecule has 2 aromatic heterocycles. The van der Waals surface area contributed by atoms with Crippen LogP contribution in [-0.4, -0.2) is 9.13 Å². The molecule has 0 N–H and O–H groups in total. The van der Waals surface area contributed by atoms with Gasteiger partial charge in [-0.1, -0.05) is 109 Å². The van der Waals surface area contributed by atoms with Gasteiger partial charge in [-0.15, -0.1) is 0 Å². The first-order valence-electron chi connectivity index (χ1n) is 15.9. The maximum Gasteiger partial charge on any atom is 0.102 e. The van der Waals surface area contributed by atoms with Crippen LogP contribution >= 0.6 is 0 Å². The molecule has 9 rings (SSSR count). The molecule has 0 aliphatic rings. The third-order valence-electron chi connectivity index (χ3n) is 9.44. The van der Waals surface area contributed by atoms with Crippen LogP contribution in [-0.2, 0) is 0 Å². The van der Waals surface area contributed by atoms with Crippen molar-refractivity contribution in [1.29, 1.82) is 10.5 Å². The zero-order chi connectivity index (χ0) is 32.2. The molecule has 0 saturated carbocycles. The van der Waals surface area contributed by atoms with E-state index in [-0.39, 0.29) is 0 Å². The fourth-order valence-electron chi connectivity index (χ4n) is 7.38. The van der Waals surface area contributed by atoms with Crippen molar-refractivity contribution >= 4 is 43.6 Å². The molecule has 0 unspecified atom stereocenters. The van der Waals surface area contributed by atoms with E-state index in [1.54, 1.807) is 0 Å². The first-order valence-corrected chi connectivity index (χ1v) is 15.9. The van der Waals surface area contributed by atoms with Gasteiger partial charge in [0.25, 0.3) is 0 Å². The standard InChI is InChI=1S/C44H26N4/c45-27-30-25-24-29(31-17-11-23-44(38(31)28-46)48-41-20-8-3-14-34(41)35-15-4-9-21-42(35)48)26-37(30)36-16-5-10-22-43(36)47-39-18-6-1-12-32(39)33-13-2-7-19-40(33)47/h1-26H. The average Bonchev–Trinajstić information content (AvgIpc) is 3.67. The van der Waals surface area contributed by atoms with Gasteiger partial charge in [-0.05, 0) is 54.1 Å². The van der Waals surface area contributed by atoms with Crippen LogP contribution in [0.15, 0.2) is 158 Å². The maximum absolute atomic E-state index is 10.7. The van der Waals surface area contributed by atoms with Crippen LogP contribution in [0.5, 0.6) is 0 Å². The van der Waals surface area contributed by atoms with Crippen LogP contribution in [0.4, 0.5) is 0 Å². The predicted octanol–water partition coefficient (Wildman–Crippen LogP) is 11.0. The Bertz CT molecular complexity index is 2710. The molecule has 0 aliphatic heterocycles. The first-order chi connectivity index (χ1) is 23.8. The molecule has 0 aliphatic carbocycles. The molecule has 48 heavy (non-hydrogen) atoms. The largest absolute Gasteiger partial charge is 0.309 e. The molecule has 4 nitrogen and oxygen atoms in total. The Labute approximate surface area is 277 Å². The second-order valence-corrected chi connectivity index (χ2v) is 11.9. The van der Waals surface area contributed by atoms with E-state index in [0.29, 0.717) is 11.1 Å². The summed E-state index contributed by atoms with van der Waals surface area (Å²) >= 11 is 0. The van der Waals surface area contributed by atoms with E-state index in [0.717, 1.165) is 66.5 Å². The molecule has 4 heteroatoms. The van der Waals surface area contributed by atoms with Gasteiger partial charge in [0.05, 0.1) is 50.6 Å². The quantitative estimate of drug-likeness (QED) is 0.199. The zero-order valence-electron chi connectivity index (χ0n) is 25.8. The van der Waals surface area contributed by atoms with Crippen molar-refractivity contribution in [2.24, 2.45) is 0 Å². The lowest BCUT2D eigenvalue weighted by Gasteiger charge is -2.17. The Morgan fingerprint density at radius 3 is 1.38 bits per heavy atom. The van der Waals surface area contributed by atoms with Crippen LogP contribution < -0.4 is 0 Å². The Hall–Kier alpha value is -6.88. The van der Waals surface area contributed by atoms with Crippen LogP contribution in [0, 0.1) is 22.7 Å². The molecule has 0 saturated heterocycles. The Morgan fingerprint density at radius 1 is 0.375 bits per heavy atom. The second kappa shape index (κ2) is 10.9. The summed E-state index contributed by atoms with van der Waals surface area (Å²) in [7, 11) is 0. The van der Waals surface area contributed by atoms with E-state index in [4.69, 9.17) is 0 Å². The molecule has 0 spiro atoms. The van der Waals surface area contributed by atoms with Gasteiger partial charge in [0.1, 0.15) is 6.07 Å². The van der Waals surface area contributed by atoms with E-state index >= 15 is 0 Å². The molecule has 2 heterocycles. The number of hydrogen-bond acceptors (Lipinski definition) is 2. The highest BCUT2D eigenvalue weighted by molar-refractivity contribution is 6.10. The summed E-state index contributed by atoms with van der Waals surface area (Å²) in [6, 6.07) is 58.7. The topological polar surface area (TPSA) is 57.4 Å². The monoisotopic (exact) mass is 610 g/mol. The minimum absolute atomic E-state index is 0.573. The maximum atomic E-state index is 10.7. The summed E-state index contributed by atoms with van der Waals surface area (Å²) in [6.45, 7) is 0. The van der Waals surface area contributed by atoms with Crippen LogP contribution in [0.2, 0.25) is 0 Å². The van der Waals surface area contributed by atoms with Gasteiger partial charge in [-0.25, -0.2) is 0 Å². The number of para-hydroxylation sites is 5. The summed E-state index contributed by atoms with van der Waals surface area (Å²) in [6.07, 6.45) is 0. The second-order valence-electron chi connectivity index (χ2n) is 11.9. The van der Waals surface area contributed by atoms with Crippen molar-refractivity contribution in [3.63, 3.8) is 0 Å². The fourth-order valence-corrected chi connectivity index (χ4v) is 7.38. The summed E-state index contributed by atoms with van der Waals surface area (Å²) in [4.78, 5) is 0. The third kappa shape index (κ3) is 4.01. The molecule has 0 atom stereocenters. The van der Waals surface area contributed by atoms with Gasteiger partial charge in [0, 0.05) is 38.2 Å². The predicted molar refractivity (Wildman–Crippen MR) is 195 cm³/mol. The normalized spacial score (nSPS) is 11.3. The van der Waals surface area contributed by atoms with Crippen LogP contribution in [0.3, 0.4) is 0 Å². The summed E-state index contributed by atoms with van der Waals surface area (Å²) in [5, 5.41) is 25.8. The van der Waals surface area contributed by atoms with E-state index < -0.39 is 0 Å². The SMILES string of the molecule is N#Cc1ccc(-c2cccc(-n3c4ccccc4c4ccccc43)c2C#N)cc1-c1ccccc1-n1c2ccccc2c2ccccc21. The Morgan fingerprint density at radius 2 is 0.833 bits per heavy atom. The van der Waals surface area contributed by atoms with Gasteiger partial charge in [0.15, 0.2) is 0 Å². The lowest BCUT2D eigenvalue weighted by molar-refractivity contribution is 1.17.